The molecule has 2 aromatic carbocycles. The highest BCUT2D eigenvalue weighted by Crippen LogP contribution is 2.22. The van der Waals surface area contributed by atoms with Crippen molar-refractivity contribution in [2.45, 2.75) is 18.4 Å². The van der Waals surface area contributed by atoms with E-state index in [1.165, 1.54) is 0 Å². The predicted octanol–water partition coefficient (Wildman–Crippen LogP) is 4.40. The van der Waals surface area contributed by atoms with Crippen molar-refractivity contribution in [3.8, 4) is 0 Å². The molecule has 2 rings (SSSR count). The zero-order valence-electron chi connectivity index (χ0n) is 11.4. The fraction of sp³-hybridized carbons (Fsp3) is 0.200. The van der Waals surface area contributed by atoms with Crippen molar-refractivity contribution >= 4 is 38.7 Å². The summed E-state index contributed by atoms with van der Waals surface area (Å²) in [5, 5.41) is 4.45. The summed E-state index contributed by atoms with van der Waals surface area (Å²) >= 11 is 12.0. The molecule has 0 atom stereocenters. The number of rotatable bonds is 5. The van der Waals surface area contributed by atoms with Gasteiger partial charge in [-0.2, -0.15) is 0 Å². The topological polar surface area (TPSA) is 46.2 Å². The summed E-state index contributed by atoms with van der Waals surface area (Å²) in [4.78, 5) is 0.330. The van der Waals surface area contributed by atoms with E-state index in [0.717, 1.165) is 11.3 Å². The molecule has 0 saturated carbocycles. The molecular formula is C15H15Cl2NO2S. The van der Waals surface area contributed by atoms with E-state index in [1.54, 1.807) is 49.4 Å². The van der Waals surface area contributed by atoms with Crippen molar-refractivity contribution in [3.05, 3.63) is 58.1 Å². The lowest BCUT2D eigenvalue weighted by molar-refractivity contribution is 0.597. The Bertz CT molecular complexity index is 728. The van der Waals surface area contributed by atoms with Crippen LogP contribution in [0.25, 0.3) is 0 Å². The molecule has 112 valence electrons. The summed E-state index contributed by atoms with van der Waals surface area (Å²) in [6, 6.07) is 12.0. The minimum atomic E-state index is -3.16. The Hall–Kier alpha value is -1.23. The fourth-order valence-electron chi connectivity index (χ4n) is 1.82. The van der Waals surface area contributed by atoms with Crippen molar-refractivity contribution in [1.29, 1.82) is 0 Å². The van der Waals surface area contributed by atoms with Gasteiger partial charge < -0.3 is 5.32 Å². The molecule has 3 nitrogen and oxygen atoms in total. The van der Waals surface area contributed by atoms with Gasteiger partial charge in [0.15, 0.2) is 9.84 Å². The van der Waals surface area contributed by atoms with E-state index >= 15 is 0 Å². The van der Waals surface area contributed by atoms with Crippen molar-refractivity contribution in [1.82, 2.24) is 0 Å². The molecule has 2 aromatic rings. The summed E-state index contributed by atoms with van der Waals surface area (Å²) in [6.07, 6.45) is 0. The monoisotopic (exact) mass is 343 g/mol. The van der Waals surface area contributed by atoms with Gasteiger partial charge in [-0.3, -0.25) is 0 Å². The van der Waals surface area contributed by atoms with Gasteiger partial charge >= 0.3 is 0 Å². The van der Waals surface area contributed by atoms with Gasteiger partial charge in [0, 0.05) is 22.3 Å². The van der Waals surface area contributed by atoms with Crippen LogP contribution >= 0.6 is 23.2 Å². The zero-order valence-corrected chi connectivity index (χ0v) is 13.8. The Balaban J connectivity index is 2.09. The molecule has 0 radical (unpaired) electrons. The van der Waals surface area contributed by atoms with Crippen LogP contribution in [-0.2, 0) is 16.4 Å². The summed E-state index contributed by atoms with van der Waals surface area (Å²) in [5.41, 5.74) is 1.70. The SMILES string of the molecule is CCS(=O)(=O)c1ccc(NCc2cc(Cl)ccc2Cl)cc1. The first-order chi connectivity index (χ1) is 9.92. The van der Waals surface area contributed by atoms with E-state index < -0.39 is 9.84 Å². The average Bonchev–Trinajstić information content (AvgIpc) is 2.48. The molecule has 0 aliphatic rings. The van der Waals surface area contributed by atoms with Crippen LogP contribution in [0.3, 0.4) is 0 Å². The molecule has 1 N–H and O–H groups in total. The number of anilines is 1. The summed E-state index contributed by atoms with van der Waals surface area (Å²) in [5.74, 6) is 0.0951. The van der Waals surface area contributed by atoms with Crippen LogP contribution in [0.15, 0.2) is 47.4 Å². The predicted molar refractivity (Wildman–Crippen MR) is 88.0 cm³/mol. The molecule has 0 unspecified atom stereocenters. The Morgan fingerprint density at radius 3 is 2.33 bits per heavy atom. The first-order valence-electron chi connectivity index (χ1n) is 6.43. The van der Waals surface area contributed by atoms with E-state index in [-0.39, 0.29) is 5.75 Å². The second-order valence-electron chi connectivity index (χ2n) is 4.52. The first kappa shape index (κ1) is 16.1. The normalized spacial score (nSPS) is 11.4. The lowest BCUT2D eigenvalue weighted by atomic mass is 10.2. The van der Waals surface area contributed by atoms with Crippen LogP contribution in [0.4, 0.5) is 5.69 Å². The maximum Gasteiger partial charge on any atom is 0.178 e. The molecule has 0 fully saturated rings. The van der Waals surface area contributed by atoms with Gasteiger partial charge in [-0.25, -0.2) is 8.42 Å². The Kier molecular flexibility index (Phi) is 5.14. The molecule has 0 aromatic heterocycles. The molecule has 0 saturated heterocycles. The highest BCUT2D eigenvalue weighted by atomic mass is 35.5. The molecule has 0 spiro atoms. The maximum atomic E-state index is 11.7. The van der Waals surface area contributed by atoms with Gasteiger partial charge in [-0.1, -0.05) is 30.1 Å². The smallest absolute Gasteiger partial charge is 0.178 e. The van der Waals surface area contributed by atoms with Crippen LogP contribution in [0.5, 0.6) is 0 Å². The third-order valence-electron chi connectivity index (χ3n) is 3.08. The second-order valence-corrected chi connectivity index (χ2v) is 7.64. The standard InChI is InChI=1S/C15H15Cl2NO2S/c1-2-21(19,20)14-6-4-13(5-7-14)18-10-11-9-12(16)3-8-15(11)17/h3-9,18H,2,10H2,1H3. The zero-order chi connectivity index (χ0) is 15.5. The summed E-state index contributed by atoms with van der Waals surface area (Å²) < 4.78 is 23.4. The summed E-state index contributed by atoms with van der Waals surface area (Å²) in [7, 11) is -3.16. The lowest BCUT2D eigenvalue weighted by Crippen LogP contribution is -2.04. The molecule has 0 heterocycles. The minimum absolute atomic E-state index is 0.0951. The van der Waals surface area contributed by atoms with Crippen molar-refractivity contribution in [2.24, 2.45) is 0 Å². The minimum Gasteiger partial charge on any atom is -0.381 e. The third kappa shape index (κ3) is 4.13. The van der Waals surface area contributed by atoms with Gasteiger partial charge in [0.1, 0.15) is 0 Å². The number of nitrogens with one attached hydrogen (secondary N) is 1. The number of hydrogen-bond donors (Lipinski definition) is 1. The first-order valence-corrected chi connectivity index (χ1v) is 8.84. The number of sulfone groups is 1. The molecule has 21 heavy (non-hydrogen) atoms. The number of halogens is 2. The molecule has 0 aliphatic carbocycles. The molecular weight excluding hydrogens is 329 g/mol. The van der Waals surface area contributed by atoms with Crippen LogP contribution < -0.4 is 5.32 Å². The van der Waals surface area contributed by atoms with Gasteiger partial charge in [0.2, 0.25) is 0 Å². The van der Waals surface area contributed by atoms with Gasteiger partial charge in [-0.15, -0.1) is 0 Å². The van der Waals surface area contributed by atoms with Crippen LogP contribution in [0.2, 0.25) is 10.0 Å². The molecule has 0 bridgehead atoms. The lowest BCUT2D eigenvalue weighted by Gasteiger charge is -2.09. The Morgan fingerprint density at radius 1 is 1.05 bits per heavy atom. The van der Waals surface area contributed by atoms with Gasteiger partial charge in [0.05, 0.1) is 10.6 Å². The van der Waals surface area contributed by atoms with E-state index in [0.29, 0.717) is 21.5 Å². The number of benzene rings is 2. The molecule has 6 heteroatoms. The Labute approximate surface area is 134 Å². The van der Waals surface area contributed by atoms with Crippen molar-refractivity contribution < 1.29 is 8.42 Å². The van der Waals surface area contributed by atoms with Crippen LogP contribution in [-0.4, -0.2) is 14.2 Å². The van der Waals surface area contributed by atoms with Crippen LogP contribution in [0.1, 0.15) is 12.5 Å². The summed E-state index contributed by atoms with van der Waals surface area (Å²) in [6.45, 7) is 2.14. The highest BCUT2D eigenvalue weighted by Gasteiger charge is 2.10. The average molecular weight is 344 g/mol. The number of hydrogen-bond acceptors (Lipinski definition) is 3. The maximum absolute atomic E-state index is 11.7. The highest BCUT2D eigenvalue weighted by molar-refractivity contribution is 7.91. The van der Waals surface area contributed by atoms with Crippen LogP contribution in [0, 0.1) is 0 Å². The van der Waals surface area contributed by atoms with E-state index in [1.807, 2.05) is 0 Å². The van der Waals surface area contributed by atoms with Crippen molar-refractivity contribution in [3.63, 3.8) is 0 Å². The third-order valence-corrected chi connectivity index (χ3v) is 5.44. The molecule has 0 aliphatic heterocycles. The van der Waals surface area contributed by atoms with E-state index in [4.69, 9.17) is 23.2 Å². The Morgan fingerprint density at radius 2 is 1.71 bits per heavy atom. The molecule has 0 amide bonds. The quantitative estimate of drug-likeness (QED) is 0.875. The van der Waals surface area contributed by atoms with Crippen molar-refractivity contribution in [2.75, 3.05) is 11.1 Å². The van der Waals surface area contributed by atoms with Gasteiger partial charge in [0.25, 0.3) is 0 Å². The fourth-order valence-corrected chi connectivity index (χ4v) is 3.09. The van der Waals surface area contributed by atoms with E-state index in [9.17, 15) is 8.42 Å². The van der Waals surface area contributed by atoms with E-state index in [2.05, 4.69) is 5.32 Å². The second kappa shape index (κ2) is 6.69. The largest absolute Gasteiger partial charge is 0.381 e. The van der Waals surface area contributed by atoms with Gasteiger partial charge in [-0.05, 0) is 48.0 Å².